The van der Waals surface area contributed by atoms with Gasteiger partial charge >= 0.3 is 0 Å². The number of benzene rings is 1. The van der Waals surface area contributed by atoms with Crippen molar-refractivity contribution in [1.29, 1.82) is 0 Å². The number of sulfonamides is 1. The molecule has 0 unspecified atom stereocenters. The maximum atomic E-state index is 12.7. The van der Waals surface area contributed by atoms with Crippen molar-refractivity contribution < 1.29 is 8.42 Å². The predicted octanol–water partition coefficient (Wildman–Crippen LogP) is 3.12. The van der Waals surface area contributed by atoms with Gasteiger partial charge in [0.2, 0.25) is 10.0 Å². The fourth-order valence-corrected chi connectivity index (χ4v) is 5.00. The third-order valence-electron chi connectivity index (χ3n) is 4.82. The molecule has 1 aliphatic carbocycles. The molecule has 2 fully saturated rings. The Hall–Kier alpha value is -1.13. The second-order valence-corrected chi connectivity index (χ2v) is 8.12. The Balaban J connectivity index is 1.90. The first-order chi connectivity index (χ1) is 9.44. The highest BCUT2D eigenvalue weighted by molar-refractivity contribution is 7.89. The van der Waals surface area contributed by atoms with Crippen LogP contribution < -0.4 is 0 Å². The second kappa shape index (κ2) is 4.71. The molecule has 4 heteroatoms. The molecule has 0 atom stereocenters. The van der Waals surface area contributed by atoms with Crippen molar-refractivity contribution in [1.82, 2.24) is 4.31 Å². The number of rotatable bonds is 2. The lowest BCUT2D eigenvalue weighted by molar-refractivity contribution is 0.352. The molecular formula is C16H21NO2S. The molecule has 2 aliphatic rings. The molecule has 1 saturated heterocycles. The normalized spacial score (nSPS) is 22.8. The molecular weight excluding hydrogens is 270 g/mol. The van der Waals surface area contributed by atoms with Crippen molar-refractivity contribution in [2.75, 3.05) is 13.1 Å². The van der Waals surface area contributed by atoms with Crippen LogP contribution in [-0.2, 0) is 10.0 Å². The summed E-state index contributed by atoms with van der Waals surface area (Å²) in [5, 5.41) is 0. The van der Waals surface area contributed by atoms with Crippen LogP contribution in [0.1, 0.15) is 31.2 Å². The van der Waals surface area contributed by atoms with E-state index in [0.29, 0.717) is 18.0 Å². The van der Waals surface area contributed by atoms with Gasteiger partial charge in [-0.25, -0.2) is 8.42 Å². The van der Waals surface area contributed by atoms with Crippen molar-refractivity contribution in [3.05, 3.63) is 42.0 Å². The van der Waals surface area contributed by atoms with E-state index in [9.17, 15) is 8.42 Å². The van der Waals surface area contributed by atoms with Gasteiger partial charge in [0.05, 0.1) is 4.90 Å². The van der Waals surface area contributed by atoms with E-state index >= 15 is 0 Å². The largest absolute Gasteiger partial charge is 0.243 e. The third kappa shape index (κ3) is 2.11. The van der Waals surface area contributed by atoms with Crippen LogP contribution in [0.4, 0.5) is 0 Å². The Morgan fingerprint density at radius 2 is 1.75 bits per heavy atom. The van der Waals surface area contributed by atoms with E-state index in [-0.39, 0.29) is 5.41 Å². The maximum Gasteiger partial charge on any atom is 0.243 e. The maximum absolute atomic E-state index is 12.7. The molecule has 0 bridgehead atoms. The van der Waals surface area contributed by atoms with Crippen LogP contribution in [0.3, 0.4) is 0 Å². The first-order valence-electron chi connectivity index (χ1n) is 7.19. The van der Waals surface area contributed by atoms with E-state index in [1.54, 1.807) is 16.4 Å². The van der Waals surface area contributed by atoms with E-state index in [1.807, 2.05) is 19.1 Å². The average Bonchev–Trinajstić information content (AvgIpc) is 3.00. The summed E-state index contributed by atoms with van der Waals surface area (Å²) in [5.41, 5.74) is 2.23. The molecule has 3 rings (SSSR count). The van der Waals surface area contributed by atoms with Gasteiger partial charge in [0.25, 0.3) is 0 Å². The summed E-state index contributed by atoms with van der Waals surface area (Å²) >= 11 is 0. The van der Waals surface area contributed by atoms with Gasteiger partial charge < -0.3 is 0 Å². The summed E-state index contributed by atoms with van der Waals surface area (Å²) in [4.78, 5) is 0.394. The number of nitrogens with zero attached hydrogens (tertiary/aromatic N) is 1. The Morgan fingerprint density at radius 3 is 2.35 bits per heavy atom. The van der Waals surface area contributed by atoms with Gasteiger partial charge in [0.15, 0.2) is 0 Å². The van der Waals surface area contributed by atoms with E-state index in [4.69, 9.17) is 0 Å². The number of aryl methyl sites for hydroxylation is 1. The Labute approximate surface area is 121 Å². The predicted molar refractivity (Wildman–Crippen MR) is 80.0 cm³/mol. The topological polar surface area (TPSA) is 37.4 Å². The lowest BCUT2D eigenvalue weighted by atomic mass is 9.82. The summed E-state index contributed by atoms with van der Waals surface area (Å²) in [6.07, 6.45) is 4.56. The molecule has 1 aromatic carbocycles. The van der Waals surface area contributed by atoms with Crippen molar-refractivity contribution in [3.63, 3.8) is 0 Å². The van der Waals surface area contributed by atoms with Crippen molar-refractivity contribution >= 4 is 10.0 Å². The molecule has 20 heavy (non-hydrogen) atoms. The molecule has 0 radical (unpaired) electrons. The van der Waals surface area contributed by atoms with Gasteiger partial charge in [0, 0.05) is 18.5 Å². The molecule has 0 N–H and O–H groups in total. The third-order valence-corrected chi connectivity index (χ3v) is 6.62. The summed E-state index contributed by atoms with van der Waals surface area (Å²) < 4.78 is 27.0. The molecule has 1 aliphatic heterocycles. The second-order valence-electron chi connectivity index (χ2n) is 6.18. The van der Waals surface area contributed by atoms with Crippen LogP contribution in [0, 0.1) is 12.3 Å². The van der Waals surface area contributed by atoms with Gasteiger partial charge in [-0.1, -0.05) is 42.7 Å². The van der Waals surface area contributed by atoms with E-state index < -0.39 is 10.0 Å². The van der Waals surface area contributed by atoms with E-state index in [2.05, 4.69) is 6.58 Å². The average molecular weight is 291 g/mol. The van der Waals surface area contributed by atoms with Gasteiger partial charge in [-0.3, -0.25) is 0 Å². The van der Waals surface area contributed by atoms with Gasteiger partial charge in [-0.15, -0.1) is 0 Å². The first kappa shape index (κ1) is 13.8. The molecule has 1 heterocycles. The van der Waals surface area contributed by atoms with E-state index in [1.165, 1.54) is 12.8 Å². The summed E-state index contributed by atoms with van der Waals surface area (Å²) in [6.45, 7) is 7.21. The van der Waals surface area contributed by atoms with Crippen molar-refractivity contribution in [2.45, 2.75) is 37.5 Å². The van der Waals surface area contributed by atoms with Crippen LogP contribution in [0.5, 0.6) is 0 Å². The number of hydrogen-bond donors (Lipinski definition) is 0. The van der Waals surface area contributed by atoms with Gasteiger partial charge in [-0.2, -0.15) is 4.31 Å². The molecule has 0 aromatic heterocycles. The summed E-state index contributed by atoms with van der Waals surface area (Å²) in [7, 11) is -3.38. The van der Waals surface area contributed by atoms with Crippen LogP contribution in [0.25, 0.3) is 0 Å². The van der Waals surface area contributed by atoms with Gasteiger partial charge in [-0.05, 0) is 31.9 Å². The minimum Gasteiger partial charge on any atom is -0.207 e. The Kier molecular flexibility index (Phi) is 3.26. The smallest absolute Gasteiger partial charge is 0.207 e. The molecule has 1 spiro atoms. The summed E-state index contributed by atoms with van der Waals surface area (Å²) in [6, 6.07) is 7.10. The van der Waals surface area contributed by atoms with Gasteiger partial charge in [0.1, 0.15) is 0 Å². The van der Waals surface area contributed by atoms with Crippen LogP contribution in [0.2, 0.25) is 0 Å². The molecule has 1 saturated carbocycles. The monoisotopic (exact) mass is 291 g/mol. The Bertz CT molecular complexity index is 625. The van der Waals surface area contributed by atoms with Crippen molar-refractivity contribution in [2.24, 2.45) is 5.41 Å². The van der Waals surface area contributed by atoms with Crippen LogP contribution in [-0.4, -0.2) is 25.8 Å². The van der Waals surface area contributed by atoms with Crippen LogP contribution >= 0.6 is 0 Å². The molecule has 0 amide bonds. The lowest BCUT2D eigenvalue weighted by Crippen LogP contribution is -2.31. The minimum absolute atomic E-state index is 0.0533. The summed E-state index contributed by atoms with van der Waals surface area (Å²) in [5.74, 6) is 0. The van der Waals surface area contributed by atoms with Crippen LogP contribution in [0.15, 0.2) is 41.3 Å². The standard InChI is InChI=1S/C16H21NO2S/c1-13-5-7-15(8-6-13)20(18,19)17-11-14(2)16(12-17)9-3-4-10-16/h5-8H,2-4,9-12H2,1H3. The SMILES string of the molecule is C=C1CN(S(=O)(=O)c2ccc(C)cc2)CC12CCCC2. The quantitative estimate of drug-likeness (QED) is 0.785. The highest BCUT2D eigenvalue weighted by Crippen LogP contribution is 2.49. The first-order valence-corrected chi connectivity index (χ1v) is 8.63. The molecule has 108 valence electrons. The minimum atomic E-state index is -3.38. The zero-order chi connectivity index (χ0) is 14.4. The highest BCUT2D eigenvalue weighted by atomic mass is 32.2. The highest BCUT2D eigenvalue weighted by Gasteiger charge is 2.46. The molecule has 1 aromatic rings. The Morgan fingerprint density at radius 1 is 1.15 bits per heavy atom. The zero-order valence-electron chi connectivity index (χ0n) is 11.9. The van der Waals surface area contributed by atoms with E-state index in [0.717, 1.165) is 24.0 Å². The number of hydrogen-bond acceptors (Lipinski definition) is 2. The molecule has 3 nitrogen and oxygen atoms in total. The zero-order valence-corrected chi connectivity index (χ0v) is 12.7. The lowest BCUT2D eigenvalue weighted by Gasteiger charge is -2.24. The fourth-order valence-electron chi connectivity index (χ4n) is 3.48. The van der Waals surface area contributed by atoms with Crippen molar-refractivity contribution in [3.8, 4) is 0 Å². The fraction of sp³-hybridized carbons (Fsp3) is 0.500.